The van der Waals surface area contributed by atoms with Crippen LogP contribution in [-0.2, 0) is 23.7 Å². The molecule has 1 fully saturated rings. The van der Waals surface area contributed by atoms with E-state index in [4.69, 9.17) is 28.4 Å². The number of carbonyl (C=O) groups excluding carboxylic acids is 2. The van der Waals surface area contributed by atoms with E-state index in [1.54, 1.807) is 12.1 Å². The van der Waals surface area contributed by atoms with Gasteiger partial charge in [-0.1, -0.05) is 38.2 Å². The lowest BCUT2D eigenvalue weighted by atomic mass is 9.94. The lowest BCUT2D eigenvalue weighted by molar-refractivity contribution is -0.148. The Morgan fingerprint density at radius 1 is 1.15 bits per heavy atom. The SMILES string of the molecule is COCOc1cc(OCC(O)CNC(C)=O)cc2c1C(=O)OC(C)[C@H](C)/C=C\C(C)C1OC(C)(C)OC1C/C=C/2. The zero-order chi connectivity index (χ0) is 29.4. The molecular formula is C30H43NO9. The molecule has 1 aromatic carbocycles. The number of amides is 1. The number of aliphatic hydroxyl groups excluding tert-OH is 1. The summed E-state index contributed by atoms with van der Waals surface area (Å²) in [5.41, 5.74) is 0.744. The maximum absolute atomic E-state index is 13.5. The molecule has 2 N–H and O–H groups in total. The summed E-state index contributed by atoms with van der Waals surface area (Å²) in [6.45, 7) is 11.0. The van der Waals surface area contributed by atoms with Crippen LogP contribution in [0.25, 0.3) is 6.08 Å². The van der Waals surface area contributed by atoms with Gasteiger partial charge in [-0.05, 0) is 38.8 Å². The Labute approximate surface area is 236 Å². The van der Waals surface area contributed by atoms with Gasteiger partial charge in [-0.3, -0.25) is 4.79 Å². The maximum atomic E-state index is 13.5. The molecule has 6 atom stereocenters. The molecule has 0 saturated carbocycles. The number of fused-ring (bicyclic) bond motifs is 2. The molecule has 1 aromatic rings. The summed E-state index contributed by atoms with van der Waals surface area (Å²) in [5, 5.41) is 12.8. The van der Waals surface area contributed by atoms with Crippen LogP contribution in [0.3, 0.4) is 0 Å². The van der Waals surface area contributed by atoms with E-state index in [1.807, 2.05) is 45.9 Å². The van der Waals surface area contributed by atoms with Gasteiger partial charge >= 0.3 is 5.97 Å². The first-order valence-electron chi connectivity index (χ1n) is 13.7. The summed E-state index contributed by atoms with van der Waals surface area (Å²) in [5.74, 6) is -0.897. The number of hydrogen-bond acceptors (Lipinski definition) is 9. The quantitative estimate of drug-likeness (QED) is 0.277. The fraction of sp³-hybridized carbons (Fsp3) is 0.600. The number of ether oxygens (including phenoxy) is 6. The molecule has 0 spiro atoms. The molecule has 222 valence electrons. The number of carbonyl (C=O) groups is 2. The minimum atomic E-state index is -0.932. The van der Waals surface area contributed by atoms with Crippen LogP contribution in [0.4, 0.5) is 0 Å². The van der Waals surface area contributed by atoms with E-state index in [1.165, 1.54) is 14.0 Å². The van der Waals surface area contributed by atoms with Crippen LogP contribution in [-0.4, -0.2) is 74.2 Å². The van der Waals surface area contributed by atoms with E-state index in [2.05, 4.69) is 18.3 Å². The predicted octanol–water partition coefficient (Wildman–Crippen LogP) is 3.86. The first-order chi connectivity index (χ1) is 18.9. The van der Waals surface area contributed by atoms with Crippen LogP contribution in [0.1, 0.15) is 63.9 Å². The van der Waals surface area contributed by atoms with Crippen LogP contribution < -0.4 is 14.8 Å². The fourth-order valence-corrected chi connectivity index (χ4v) is 4.56. The average Bonchev–Trinajstić information content (AvgIpc) is 3.21. The Morgan fingerprint density at radius 2 is 1.88 bits per heavy atom. The van der Waals surface area contributed by atoms with Crippen molar-refractivity contribution < 1.29 is 43.1 Å². The lowest BCUT2D eigenvalue weighted by Gasteiger charge is -2.23. The van der Waals surface area contributed by atoms with Crippen molar-refractivity contribution in [3.05, 3.63) is 41.5 Å². The lowest BCUT2D eigenvalue weighted by Crippen LogP contribution is -2.33. The van der Waals surface area contributed by atoms with E-state index in [0.29, 0.717) is 17.7 Å². The van der Waals surface area contributed by atoms with Gasteiger partial charge < -0.3 is 38.8 Å². The highest BCUT2D eigenvalue weighted by atomic mass is 16.8. The van der Waals surface area contributed by atoms with Gasteiger partial charge in [0.15, 0.2) is 12.6 Å². The standard InChI is InChI=1S/C30H43NO9/c1-18-11-12-19(2)28-25(39-30(5,6)40-28)10-8-9-22-13-24(36-16-23(33)15-31-21(4)32)14-26(37-17-35-7)27(22)29(34)38-20(18)3/h8-9,11-14,18-20,23,25,28,33H,10,15-17H2,1-7H3,(H,31,32)/b9-8+,12-11-/t18-,19?,20?,23?,25?,28?/m1/s1. The normalized spacial score (nSPS) is 28.7. The van der Waals surface area contributed by atoms with Gasteiger partial charge in [-0.15, -0.1) is 0 Å². The Morgan fingerprint density at radius 3 is 2.58 bits per heavy atom. The van der Waals surface area contributed by atoms with Gasteiger partial charge in [0.1, 0.15) is 35.9 Å². The molecule has 10 heteroatoms. The van der Waals surface area contributed by atoms with Crippen LogP contribution in [0, 0.1) is 11.8 Å². The monoisotopic (exact) mass is 561 g/mol. The van der Waals surface area contributed by atoms with Crippen molar-refractivity contribution >= 4 is 18.0 Å². The number of methoxy groups -OCH3 is 1. The molecule has 1 saturated heterocycles. The second-order valence-electron chi connectivity index (χ2n) is 10.8. The van der Waals surface area contributed by atoms with Crippen molar-refractivity contribution in [3.8, 4) is 11.5 Å². The second kappa shape index (κ2) is 14.1. The molecule has 0 aliphatic carbocycles. The highest BCUT2D eigenvalue weighted by Crippen LogP contribution is 2.36. The first-order valence-corrected chi connectivity index (χ1v) is 13.7. The van der Waals surface area contributed by atoms with Gasteiger partial charge in [0, 0.05) is 38.5 Å². The summed E-state index contributed by atoms with van der Waals surface area (Å²) in [6.07, 6.45) is 6.73. The third-order valence-corrected chi connectivity index (χ3v) is 6.83. The molecule has 10 nitrogen and oxygen atoms in total. The van der Waals surface area contributed by atoms with E-state index in [9.17, 15) is 14.7 Å². The van der Waals surface area contributed by atoms with E-state index in [-0.39, 0.29) is 61.2 Å². The molecular weight excluding hydrogens is 518 g/mol. The first kappa shape index (κ1) is 31.6. The van der Waals surface area contributed by atoms with Gasteiger partial charge in [-0.2, -0.15) is 0 Å². The number of nitrogens with one attached hydrogen (secondary N) is 1. The maximum Gasteiger partial charge on any atom is 0.342 e. The van der Waals surface area contributed by atoms with Crippen molar-refractivity contribution in [2.24, 2.45) is 11.8 Å². The molecule has 0 aromatic heterocycles. The van der Waals surface area contributed by atoms with E-state index < -0.39 is 24.0 Å². The molecule has 0 bridgehead atoms. The second-order valence-corrected chi connectivity index (χ2v) is 10.8. The van der Waals surface area contributed by atoms with E-state index in [0.717, 1.165) is 0 Å². The molecule has 2 aliphatic heterocycles. The molecule has 2 heterocycles. The molecule has 1 amide bonds. The number of benzene rings is 1. The Hall–Kier alpha value is -2.92. The third kappa shape index (κ3) is 8.79. The van der Waals surface area contributed by atoms with Crippen molar-refractivity contribution in [2.45, 2.75) is 78.2 Å². The van der Waals surface area contributed by atoms with E-state index >= 15 is 0 Å². The van der Waals surface area contributed by atoms with Crippen LogP contribution in [0.15, 0.2) is 30.4 Å². The highest BCUT2D eigenvalue weighted by Gasteiger charge is 2.42. The smallest absolute Gasteiger partial charge is 0.342 e. The minimum absolute atomic E-state index is 0.0451. The molecule has 5 unspecified atom stereocenters. The van der Waals surface area contributed by atoms with Gasteiger partial charge in [0.05, 0.1) is 12.2 Å². The predicted molar refractivity (Wildman–Crippen MR) is 149 cm³/mol. The van der Waals surface area contributed by atoms with Gasteiger partial charge in [0.2, 0.25) is 5.91 Å². The minimum Gasteiger partial charge on any atom is -0.491 e. The summed E-state index contributed by atoms with van der Waals surface area (Å²) in [6, 6.07) is 3.25. The zero-order valence-corrected chi connectivity index (χ0v) is 24.5. The Balaban J connectivity index is 2.00. The topological polar surface area (TPSA) is 122 Å². The molecule has 2 aliphatic rings. The van der Waals surface area contributed by atoms with Crippen LogP contribution in [0.2, 0.25) is 0 Å². The fourth-order valence-electron chi connectivity index (χ4n) is 4.56. The summed E-state index contributed by atoms with van der Waals surface area (Å²) in [4.78, 5) is 24.7. The molecule has 40 heavy (non-hydrogen) atoms. The average molecular weight is 562 g/mol. The number of rotatable bonds is 8. The summed E-state index contributed by atoms with van der Waals surface area (Å²) >= 11 is 0. The largest absolute Gasteiger partial charge is 0.491 e. The van der Waals surface area contributed by atoms with Gasteiger partial charge in [0.25, 0.3) is 0 Å². The number of cyclic esters (lactones) is 1. The summed E-state index contributed by atoms with van der Waals surface area (Å²) in [7, 11) is 1.48. The Kier molecular flexibility index (Phi) is 11.2. The van der Waals surface area contributed by atoms with Crippen molar-refractivity contribution in [1.82, 2.24) is 5.32 Å². The number of hydrogen-bond donors (Lipinski definition) is 2. The molecule has 0 radical (unpaired) electrons. The number of aliphatic hydroxyl groups is 1. The zero-order valence-electron chi connectivity index (χ0n) is 24.5. The number of esters is 1. The van der Waals surface area contributed by atoms with Crippen molar-refractivity contribution in [1.29, 1.82) is 0 Å². The van der Waals surface area contributed by atoms with Crippen LogP contribution >= 0.6 is 0 Å². The highest BCUT2D eigenvalue weighted by molar-refractivity contribution is 5.97. The third-order valence-electron chi connectivity index (χ3n) is 6.83. The summed E-state index contributed by atoms with van der Waals surface area (Å²) < 4.78 is 35.0. The van der Waals surface area contributed by atoms with Crippen molar-refractivity contribution in [2.75, 3.05) is 27.1 Å². The van der Waals surface area contributed by atoms with Gasteiger partial charge in [-0.25, -0.2) is 4.79 Å². The van der Waals surface area contributed by atoms with Crippen molar-refractivity contribution in [3.63, 3.8) is 0 Å². The van der Waals surface area contributed by atoms with Crippen LogP contribution in [0.5, 0.6) is 11.5 Å². The Bertz CT molecular complexity index is 1080. The molecule has 3 rings (SSSR count).